The molecule has 1 aliphatic heterocycles. The fourth-order valence-electron chi connectivity index (χ4n) is 3.34. The molecule has 1 N–H and O–H groups in total. The van der Waals surface area contributed by atoms with Crippen molar-refractivity contribution < 1.29 is 26.4 Å². The van der Waals surface area contributed by atoms with Crippen molar-refractivity contribution in [3.05, 3.63) is 42.2 Å². The second-order valence-electron chi connectivity index (χ2n) is 8.54. The number of hydrogen-bond acceptors (Lipinski definition) is 4. The fourth-order valence-corrected chi connectivity index (χ4v) is 4.85. The summed E-state index contributed by atoms with van der Waals surface area (Å²) in [6.07, 6.45) is -0.798. The second-order valence-corrected chi connectivity index (χ2v) is 10.5. The van der Waals surface area contributed by atoms with Crippen LogP contribution in [-0.2, 0) is 26.5 Å². The molecule has 2 heterocycles. The lowest BCUT2D eigenvalue weighted by molar-refractivity contribution is -0.137. The maximum absolute atomic E-state index is 12.9. The number of rotatable bonds is 4. The van der Waals surface area contributed by atoms with Gasteiger partial charge in [0.1, 0.15) is 0 Å². The first kappa shape index (κ1) is 23.3. The van der Waals surface area contributed by atoms with Crippen molar-refractivity contribution in [2.24, 2.45) is 5.92 Å². The van der Waals surface area contributed by atoms with E-state index in [2.05, 4.69) is 10.4 Å². The molecule has 0 bridgehead atoms. The summed E-state index contributed by atoms with van der Waals surface area (Å²) in [7, 11) is -4.08. The Morgan fingerprint density at radius 3 is 2.35 bits per heavy atom. The van der Waals surface area contributed by atoms with Crippen molar-refractivity contribution in [1.29, 1.82) is 0 Å². The first-order chi connectivity index (χ1) is 14.3. The number of sulfonamides is 1. The quantitative estimate of drug-likeness (QED) is 0.757. The van der Waals surface area contributed by atoms with E-state index in [0.717, 1.165) is 22.5 Å². The van der Waals surface area contributed by atoms with E-state index in [1.165, 1.54) is 0 Å². The Balaban J connectivity index is 1.63. The molecule has 1 aromatic carbocycles. The predicted octanol–water partition coefficient (Wildman–Crippen LogP) is 3.70. The normalized spacial score (nSPS) is 17.0. The number of piperidine rings is 1. The molecule has 0 atom stereocenters. The van der Waals surface area contributed by atoms with Crippen LogP contribution in [0.2, 0.25) is 0 Å². The van der Waals surface area contributed by atoms with Gasteiger partial charge in [0.05, 0.1) is 27.9 Å². The summed E-state index contributed by atoms with van der Waals surface area (Å²) < 4.78 is 67.2. The van der Waals surface area contributed by atoms with Gasteiger partial charge in [-0.15, -0.1) is 0 Å². The number of benzene rings is 1. The van der Waals surface area contributed by atoms with Gasteiger partial charge in [0, 0.05) is 25.2 Å². The van der Waals surface area contributed by atoms with E-state index in [-0.39, 0.29) is 37.4 Å². The highest BCUT2D eigenvalue weighted by molar-refractivity contribution is 7.89. The summed E-state index contributed by atoms with van der Waals surface area (Å²) in [6.45, 7) is 6.04. The second kappa shape index (κ2) is 8.27. The van der Waals surface area contributed by atoms with Crippen LogP contribution in [0.15, 0.2) is 41.6 Å². The third-order valence-electron chi connectivity index (χ3n) is 5.16. The Bertz CT molecular complexity index is 1050. The van der Waals surface area contributed by atoms with Gasteiger partial charge in [-0.25, -0.2) is 8.42 Å². The van der Waals surface area contributed by atoms with E-state index < -0.39 is 32.6 Å². The maximum atomic E-state index is 12.9. The van der Waals surface area contributed by atoms with Gasteiger partial charge in [-0.2, -0.15) is 22.6 Å². The molecule has 1 amide bonds. The molecular formula is C20H25F3N4O3S. The van der Waals surface area contributed by atoms with Gasteiger partial charge in [0.2, 0.25) is 15.9 Å². The van der Waals surface area contributed by atoms with E-state index in [0.29, 0.717) is 11.8 Å². The standard InChI is InChI=1S/C20H25F3N4O3S/c1-19(2,3)27-13-16(12-24-27)25-18(28)14-7-9-26(10-8-14)31(29,30)17-6-4-5-15(11-17)20(21,22)23/h4-6,11-14H,7-10H2,1-3H3,(H,25,28). The average Bonchev–Trinajstić information content (AvgIpc) is 3.16. The Kier molecular flexibility index (Phi) is 6.21. The summed E-state index contributed by atoms with van der Waals surface area (Å²) >= 11 is 0. The highest BCUT2D eigenvalue weighted by Crippen LogP contribution is 2.32. The number of aromatic nitrogens is 2. The van der Waals surface area contributed by atoms with Gasteiger partial charge in [-0.1, -0.05) is 6.07 Å². The third-order valence-corrected chi connectivity index (χ3v) is 7.06. The highest BCUT2D eigenvalue weighted by Gasteiger charge is 2.35. The number of nitrogens with zero attached hydrogens (tertiary/aromatic N) is 3. The average molecular weight is 459 g/mol. The predicted molar refractivity (Wildman–Crippen MR) is 109 cm³/mol. The first-order valence-corrected chi connectivity index (χ1v) is 11.3. The van der Waals surface area contributed by atoms with Gasteiger partial charge < -0.3 is 5.32 Å². The van der Waals surface area contributed by atoms with Gasteiger partial charge in [0.25, 0.3) is 0 Å². The van der Waals surface area contributed by atoms with Crippen molar-refractivity contribution in [3.63, 3.8) is 0 Å². The molecule has 2 aromatic rings. The number of nitrogens with one attached hydrogen (secondary N) is 1. The van der Waals surface area contributed by atoms with Crippen LogP contribution in [0.1, 0.15) is 39.2 Å². The summed E-state index contributed by atoms with van der Waals surface area (Å²) in [5, 5.41) is 7.02. The van der Waals surface area contributed by atoms with Crippen LogP contribution in [-0.4, -0.2) is 41.5 Å². The largest absolute Gasteiger partial charge is 0.416 e. The zero-order chi connectivity index (χ0) is 23.0. The van der Waals surface area contributed by atoms with Crippen LogP contribution in [0.5, 0.6) is 0 Å². The van der Waals surface area contributed by atoms with Gasteiger partial charge in [0.15, 0.2) is 0 Å². The molecule has 3 rings (SSSR count). The van der Waals surface area contributed by atoms with Gasteiger partial charge in [-0.05, 0) is 51.8 Å². The number of amides is 1. The lowest BCUT2D eigenvalue weighted by atomic mass is 9.97. The zero-order valence-corrected chi connectivity index (χ0v) is 18.3. The number of hydrogen-bond donors (Lipinski definition) is 1. The molecule has 31 heavy (non-hydrogen) atoms. The van der Waals surface area contributed by atoms with Crippen molar-refractivity contribution >= 4 is 21.6 Å². The number of carbonyl (C=O) groups excluding carboxylic acids is 1. The molecule has 7 nitrogen and oxygen atoms in total. The van der Waals surface area contributed by atoms with E-state index >= 15 is 0 Å². The molecule has 11 heteroatoms. The molecule has 0 unspecified atom stereocenters. The number of anilines is 1. The summed E-state index contributed by atoms with van der Waals surface area (Å²) in [6, 6.07) is 3.70. The van der Waals surface area contributed by atoms with Crippen LogP contribution in [0.25, 0.3) is 0 Å². The van der Waals surface area contributed by atoms with Crippen molar-refractivity contribution in [1.82, 2.24) is 14.1 Å². The monoisotopic (exact) mass is 458 g/mol. The van der Waals surface area contributed by atoms with Gasteiger partial charge >= 0.3 is 6.18 Å². The minimum Gasteiger partial charge on any atom is -0.323 e. The van der Waals surface area contributed by atoms with Gasteiger partial charge in [-0.3, -0.25) is 9.48 Å². The molecule has 1 fully saturated rings. The van der Waals surface area contributed by atoms with E-state index in [4.69, 9.17) is 0 Å². The SMILES string of the molecule is CC(C)(C)n1cc(NC(=O)C2CCN(S(=O)(=O)c3cccc(C(F)(F)F)c3)CC2)cn1. The lowest BCUT2D eigenvalue weighted by Crippen LogP contribution is -2.41. The summed E-state index contributed by atoms with van der Waals surface area (Å²) in [5.41, 5.74) is -0.691. The van der Waals surface area contributed by atoms with E-state index in [1.54, 1.807) is 17.1 Å². The molecule has 0 spiro atoms. The number of alkyl halides is 3. The lowest BCUT2D eigenvalue weighted by Gasteiger charge is -2.30. The Labute approximate surface area is 179 Å². The van der Waals surface area contributed by atoms with Crippen molar-refractivity contribution in [3.8, 4) is 0 Å². The number of halogens is 3. The highest BCUT2D eigenvalue weighted by atomic mass is 32.2. The molecule has 0 saturated carbocycles. The van der Waals surface area contributed by atoms with Crippen molar-refractivity contribution in [2.75, 3.05) is 18.4 Å². The smallest absolute Gasteiger partial charge is 0.323 e. The van der Waals surface area contributed by atoms with Crippen LogP contribution < -0.4 is 5.32 Å². The molecular weight excluding hydrogens is 433 g/mol. The third kappa shape index (κ3) is 5.27. The Morgan fingerprint density at radius 1 is 1.16 bits per heavy atom. The number of carbonyl (C=O) groups is 1. The van der Waals surface area contributed by atoms with Crippen molar-refractivity contribution in [2.45, 2.75) is 50.2 Å². The molecule has 170 valence electrons. The molecule has 0 aliphatic carbocycles. The molecule has 1 aliphatic rings. The fraction of sp³-hybridized carbons (Fsp3) is 0.500. The van der Waals surface area contributed by atoms with Crippen LogP contribution in [0.4, 0.5) is 18.9 Å². The topological polar surface area (TPSA) is 84.3 Å². The zero-order valence-electron chi connectivity index (χ0n) is 17.5. The maximum Gasteiger partial charge on any atom is 0.416 e. The molecule has 1 saturated heterocycles. The minimum atomic E-state index is -4.63. The summed E-state index contributed by atoms with van der Waals surface area (Å²) in [4.78, 5) is 12.2. The Morgan fingerprint density at radius 2 is 1.81 bits per heavy atom. The molecule has 0 radical (unpaired) electrons. The van der Waals surface area contributed by atoms with E-state index in [9.17, 15) is 26.4 Å². The van der Waals surface area contributed by atoms with Crippen LogP contribution in [0, 0.1) is 5.92 Å². The van der Waals surface area contributed by atoms with Crippen LogP contribution in [0.3, 0.4) is 0 Å². The first-order valence-electron chi connectivity index (χ1n) is 9.82. The Hall–Kier alpha value is -2.40. The molecule has 1 aromatic heterocycles. The summed E-state index contributed by atoms with van der Waals surface area (Å²) in [5.74, 6) is -0.629. The minimum absolute atomic E-state index is 0.0535. The van der Waals surface area contributed by atoms with E-state index in [1.807, 2.05) is 20.8 Å². The van der Waals surface area contributed by atoms with Crippen LogP contribution >= 0.6 is 0 Å².